The Morgan fingerprint density at radius 2 is 1.96 bits per heavy atom. The normalized spacial score (nSPS) is 17.8. The van der Waals surface area contributed by atoms with Crippen LogP contribution in [0.2, 0.25) is 0 Å². The van der Waals surface area contributed by atoms with Gasteiger partial charge >= 0.3 is 0 Å². The Hall–Kier alpha value is -2.76. The third-order valence-corrected chi connectivity index (χ3v) is 3.87. The van der Waals surface area contributed by atoms with Crippen molar-refractivity contribution in [3.8, 4) is 0 Å². The summed E-state index contributed by atoms with van der Waals surface area (Å²) in [6.45, 7) is 1.69. The van der Waals surface area contributed by atoms with E-state index in [1.54, 1.807) is 6.92 Å². The lowest BCUT2D eigenvalue weighted by atomic mass is 10.0. The molecule has 0 spiro atoms. The van der Waals surface area contributed by atoms with Gasteiger partial charge in [0.05, 0.1) is 11.8 Å². The highest BCUT2D eigenvalue weighted by Gasteiger charge is 2.29. The molecule has 1 amide bonds. The Bertz CT molecular complexity index is 778. The molecule has 2 atom stereocenters. The molecule has 0 aromatic heterocycles. The van der Waals surface area contributed by atoms with E-state index >= 15 is 0 Å². The molecule has 1 N–H and O–H groups in total. The summed E-state index contributed by atoms with van der Waals surface area (Å²) in [5.74, 6) is -2.21. The predicted octanol–water partition coefficient (Wildman–Crippen LogP) is 3.34. The second kappa shape index (κ2) is 6.78. The number of halogens is 2. The summed E-state index contributed by atoms with van der Waals surface area (Å²) in [6.07, 6.45) is -0.367. The van der Waals surface area contributed by atoms with E-state index in [-0.39, 0.29) is 5.91 Å². The molecule has 0 bridgehead atoms. The SMILES string of the molecule is C[C@H](NC(=O)[C@@H]1CC(c2ccccc2)=NO1)c1ccc(F)c(F)c1. The second-order valence-electron chi connectivity index (χ2n) is 5.61. The Kier molecular flexibility index (Phi) is 4.55. The van der Waals surface area contributed by atoms with E-state index in [1.807, 2.05) is 30.3 Å². The number of hydrogen-bond acceptors (Lipinski definition) is 3. The first-order valence-electron chi connectivity index (χ1n) is 7.58. The zero-order chi connectivity index (χ0) is 17.1. The molecule has 2 aromatic carbocycles. The highest BCUT2D eigenvalue weighted by atomic mass is 19.2. The topological polar surface area (TPSA) is 50.7 Å². The molecule has 1 aliphatic heterocycles. The molecule has 6 heteroatoms. The summed E-state index contributed by atoms with van der Waals surface area (Å²) in [4.78, 5) is 17.5. The first kappa shape index (κ1) is 16.1. The minimum Gasteiger partial charge on any atom is -0.382 e. The Morgan fingerprint density at radius 1 is 1.21 bits per heavy atom. The van der Waals surface area contributed by atoms with Crippen molar-refractivity contribution in [2.75, 3.05) is 0 Å². The van der Waals surface area contributed by atoms with Gasteiger partial charge in [0.25, 0.3) is 5.91 Å². The third kappa shape index (κ3) is 3.42. The summed E-state index contributed by atoms with van der Waals surface area (Å²) >= 11 is 0. The predicted molar refractivity (Wildman–Crippen MR) is 85.4 cm³/mol. The molecule has 0 aliphatic carbocycles. The summed E-state index contributed by atoms with van der Waals surface area (Å²) < 4.78 is 26.3. The number of hydrogen-bond donors (Lipinski definition) is 1. The first-order chi connectivity index (χ1) is 11.5. The summed E-state index contributed by atoms with van der Waals surface area (Å²) in [6, 6.07) is 12.5. The van der Waals surface area contributed by atoms with E-state index in [4.69, 9.17) is 4.84 Å². The maximum atomic E-state index is 13.3. The van der Waals surface area contributed by atoms with Gasteiger partial charge < -0.3 is 10.2 Å². The molecule has 2 aromatic rings. The molecule has 1 aliphatic rings. The van der Waals surface area contributed by atoms with Crippen molar-refractivity contribution in [1.29, 1.82) is 0 Å². The zero-order valence-electron chi connectivity index (χ0n) is 13.0. The molecule has 1 heterocycles. The van der Waals surface area contributed by atoms with Gasteiger partial charge in [0, 0.05) is 6.42 Å². The molecule has 0 fully saturated rings. The smallest absolute Gasteiger partial charge is 0.264 e. The van der Waals surface area contributed by atoms with Crippen molar-refractivity contribution in [2.45, 2.75) is 25.5 Å². The number of amides is 1. The third-order valence-electron chi connectivity index (χ3n) is 3.87. The summed E-state index contributed by atoms with van der Waals surface area (Å²) in [7, 11) is 0. The van der Waals surface area contributed by atoms with Crippen molar-refractivity contribution in [1.82, 2.24) is 5.32 Å². The molecular weight excluding hydrogens is 314 g/mol. The molecule has 0 radical (unpaired) electrons. The molecule has 3 rings (SSSR count). The van der Waals surface area contributed by atoms with E-state index in [0.29, 0.717) is 17.7 Å². The van der Waals surface area contributed by atoms with E-state index in [2.05, 4.69) is 10.5 Å². The van der Waals surface area contributed by atoms with Gasteiger partial charge in [-0.05, 0) is 30.2 Å². The molecule has 0 unspecified atom stereocenters. The molecular formula is C18H16F2N2O2. The molecule has 4 nitrogen and oxygen atoms in total. The maximum absolute atomic E-state index is 13.3. The number of carbonyl (C=O) groups excluding carboxylic acids is 1. The van der Waals surface area contributed by atoms with Crippen LogP contribution in [0.3, 0.4) is 0 Å². The van der Waals surface area contributed by atoms with E-state index in [1.165, 1.54) is 6.07 Å². The van der Waals surface area contributed by atoms with Gasteiger partial charge in [0.2, 0.25) is 6.10 Å². The highest BCUT2D eigenvalue weighted by molar-refractivity contribution is 6.04. The monoisotopic (exact) mass is 330 g/mol. The number of nitrogens with zero attached hydrogens (tertiary/aromatic N) is 1. The molecule has 124 valence electrons. The lowest BCUT2D eigenvalue weighted by Crippen LogP contribution is -2.36. The first-order valence-corrected chi connectivity index (χ1v) is 7.58. The number of oxime groups is 1. The summed E-state index contributed by atoms with van der Waals surface area (Å²) in [5, 5.41) is 6.69. The lowest BCUT2D eigenvalue weighted by molar-refractivity contribution is -0.131. The molecule has 0 saturated heterocycles. The van der Waals surface area contributed by atoms with Crippen LogP contribution in [0.15, 0.2) is 53.7 Å². The van der Waals surface area contributed by atoms with Crippen molar-refractivity contribution in [3.63, 3.8) is 0 Å². The van der Waals surface area contributed by atoms with Gasteiger partial charge in [-0.2, -0.15) is 0 Å². The van der Waals surface area contributed by atoms with Crippen molar-refractivity contribution in [2.24, 2.45) is 5.16 Å². The lowest BCUT2D eigenvalue weighted by Gasteiger charge is -2.16. The van der Waals surface area contributed by atoms with Gasteiger partial charge in [0.1, 0.15) is 0 Å². The largest absolute Gasteiger partial charge is 0.382 e. The van der Waals surface area contributed by atoms with Gasteiger partial charge in [-0.1, -0.05) is 41.6 Å². The fourth-order valence-electron chi connectivity index (χ4n) is 2.49. The average molecular weight is 330 g/mol. The van der Waals surface area contributed by atoms with Crippen LogP contribution in [0, 0.1) is 11.6 Å². The highest BCUT2D eigenvalue weighted by Crippen LogP contribution is 2.19. The average Bonchev–Trinajstić information content (AvgIpc) is 3.08. The summed E-state index contributed by atoms with van der Waals surface area (Å²) in [5.41, 5.74) is 2.09. The minimum absolute atomic E-state index is 0.345. The van der Waals surface area contributed by atoms with Crippen LogP contribution in [0.1, 0.15) is 30.5 Å². The Morgan fingerprint density at radius 3 is 2.67 bits per heavy atom. The van der Waals surface area contributed by atoms with Crippen LogP contribution in [-0.2, 0) is 9.63 Å². The van der Waals surface area contributed by atoms with Crippen LogP contribution in [0.25, 0.3) is 0 Å². The van der Waals surface area contributed by atoms with Crippen molar-refractivity contribution >= 4 is 11.6 Å². The van der Waals surface area contributed by atoms with Crippen LogP contribution < -0.4 is 5.32 Å². The number of nitrogens with one attached hydrogen (secondary N) is 1. The van der Waals surface area contributed by atoms with Crippen LogP contribution in [0.4, 0.5) is 8.78 Å². The van der Waals surface area contributed by atoms with Gasteiger partial charge in [0.15, 0.2) is 11.6 Å². The molecule has 24 heavy (non-hydrogen) atoms. The fourth-order valence-corrected chi connectivity index (χ4v) is 2.49. The van der Waals surface area contributed by atoms with E-state index in [0.717, 1.165) is 17.7 Å². The van der Waals surface area contributed by atoms with Crippen LogP contribution >= 0.6 is 0 Å². The van der Waals surface area contributed by atoms with Crippen LogP contribution in [-0.4, -0.2) is 17.7 Å². The van der Waals surface area contributed by atoms with Gasteiger partial charge in [-0.25, -0.2) is 8.78 Å². The standard InChI is InChI=1S/C18H16F2N2O2/c1-11(13-7-8-14(19)15(20)9-13)21-18(23)17-10-16(22-24-17)12-5-3-2-4-6-12/h2-9,11,17H,10H2,1H3,(H,21,23)/t11-,17-/m0/s1. The van der Waals surface area contributed by atoms with E-state index < -0.39 is 23.8 Å². The number of benzene rings is 2. The van der Waals surface area contributed by atoms with Gasteiger partial charge in [-0.3, -0.25) is 4.79 Å². The molecule has 0 saturated carbocycles. The minimum atomic E-state index is -0.944. The van der Waals surface area contributed by atoms with Gasteiger partial charge in [-0.15, -0.1) is 0 Å². The number of rotatable bonds is 4. The number of carbonyl (C=O) groups is 1. The van der Waals surface area contributed by atoms with E-state index in [9.17, 15) is 13.6 Å². The maximum Gasteiger partial charge on any atom is 0.264 e. The quantitative estimate of drug-likeness (QED) is 0.935. The second-order valence-corrected chi connectivity index (χ2v) is 5.61. The van der Waals surface area contributed by atoms with Crippen molar-refractivity contribution < 1.29 is 18.4 Å². The fraction of sp³-hybridized carbons (Fsp3) is 0.222. The Balaban J connectivity index is 1.61. The Labute approximate surface area is 138 Å². The van der Waals surface area contributed by atoms with Crippen molar-refractivity contribution in [3.05, 3.63) is 71.3 Å². The zero-order valence-corrected chi connectivity index (χ0v) is 13.0. The van der Waals surface area contributed by atoms with Crippen LogP contribution in [0.5, 0.6) is 0 Å².